The average Bonchev–Trinajstić information content (AvgIpc) is 2.46. The summed E-state index contributed by atoms with van der Waals surface area (Å²) in [5, 5.41) is 11.6. The minimum absolute atomic E-state index is 0.0879. The van der Waals surface area contributed by atoms with E-state index in [4.69, 9.17) is 10.5 Å². The average molecular weight is 317 g/mol. The molecule has 2 fully saturated rings. The van der Waals surface area contributed by atoms with Crippen LogP contribution in [-0.4, -0.2) is 63.8 Å². The molecular weight excluding hydrogens is 298 g/mol. The minimum atomic E-state index is -1.53. The lowest BCUT2D eigenvalue weighted by atomic mass is 9.97. The molecule has 3 atom stereocenters. The van der Waals surface area contributed by atoms with Gasteiger partial charge in [-0.15, -0.1) is 11.8 Å². The summed E-state index contributed by atoms with van der Waals surface area (Å²) in [4.78, 5) is 36.3. The normalized spacial score (nSPS) is 31.1. The zero-order valence-electron chi connectivity index (χ0n) is 11.7. The minimum Gasteiger partial charge on any atom is -0.479 e. The molecule has 118 valence electrons. The Hall–Kier alpha value is -1.48. The molecule has 0 aliphatic carbocycles. The molecule has 2 rings (SSSR count). The van der Waals surface area contributed by atoms with Gasteiger partial charge in [0.05, 0.1) is 13.2 Å². The summed E-state index contributed by atoms with van der Waals surface area (Å²) in [6.45, 7) is 2.10. The van der Waals surface area contributed by atoms with E-state index in [9.17, 15) is 19.5 Å². The topological polar surface area (TPSA) is 122 Å². The molecule has 2 heterocycles. The van der Waals surface area contributed by atoms with Crippen LogP contribution < -0.4 is 11.1 Å². The van der Waals surface area contributed by atoms with Gasteiger partial charge in [-0.1, -0.05) is 13.3 Å². The summed E-state index contributed by atoms with van der Waals surface area (Å²) in [6.07, 6.45) is 0.806. The van der Waals surface area contributed by atoms with E-state index in [1.165, 1.54) is 16.7 Å². The number of carbonyl (C=O) groups is 3. The molecule has 0 aromatic heterocycles. The summed E-state index contributed by atoms with van der Waals surface area (Å²) in [5.74, 6) is -1.33. The Balaban J connectivity index is 2.00. The van der Waals surface area contributed by atoms with E-state index in [1.54, 1.807) is 0 Å². The van der Waals surface area contributed by atoms with Gasteiger partial charge in [-0.3, -0.25) is 4.79 Å². The zero-order chi connectivity index (χ0) is 15.6. The number of aliphatic carboxylic acids is 1. The number of fused-ring (bicyclic) bond motifs is 1. The molecule has 2 aliphatic rings. The van der Waals surface area contributed by atoms with Crippen LogP contribution in [0.3, 0.4) is 0 Å². The maximum Gasteiger partial charge on any atom is 0.408 e. The maximum absolute atomic E-state index is 11.7. The second-order valence-electron chi connectivity index (χ2n) is 5.20. The Morgan fingerprint density at radius 2 is 2.33 bits per heavy atom. The third-order valence-electron chi connectivity index (χ3n) is 3.61. The number of hydrogen-bond acceptors (Lipinski definition) is 6. The van der Waals surface area contributed by atoms with Crippen molar-refractivity contribution >= 4 is 29.7 Å². The van der Waals surface area contributed by atoms with E-state index in [-0.39, 0.29) is 30.2 Å². The van der Waals surface area contributed by atoms with Crippen LogP contribution in [0.5, 0.6) is 0 Å². The smallest absolute Gasteiger partial charge is 0.408 e. The fourth-order valence-corrected chi connectivity index (χ4v) is 3.70. The van der Waals surface area contributed by atoms with Crippen LogP contribution in [0.15, 0.2) is 0 Å². The van der Waals surface area contributed by atoms with Crippen molar-refractivity contribution in [3.63, 3.8) is 0 Å². The summed E-state index contributed by atoms with van der Waals surface area (Å²) >= 11 is 1.26. The van der Waals surface area contributed by atoms with Crippen molar-refractivity contribution in [3.05, 3.63) is 0 Å². The third kappa shape index (κ3) is 2.93. The van der Waals surface area contributed by atoms with Crippen molar-refractivity contribution in [1.29, 1.82) is 0 Å². The van der Waals surface area contributed by atoms with Gasteiger partial charge in [-0.25, -0.2) is 9.59 Å². The Morgan fingerprint density at radius 3 is 2.95 bits per heavy atom. The van der Waals surface area contributed by atoms with E-state index in [0.717, 1.165) is 6.42 Å². The van der Waals surface area contributed by atoms with Gasteiger partial charge in [0, 0.05) is 5.75 Å². The van der Waals surface area contributed by atoms with Crippen LogP contribution >= 0.6 is 11.8 Å². The van der Waals surface area contributed by atoms with Gasteiger partial charge in [0.2, 0.25) is 5.91 Å². The number of nitrogens with zero attached hydrogens (tertiary/aromatic N) is 1. The van der Waals surface area contributed by atoms with Crippen LogP contribution in [0.1, 0.15) is 19.8 Å². The summed E-state index contributed by atoms with van der Waals surface area (Å²) < 4.78 is 4.94. The Morgan fingerprint density at radius 1 is 1.62 bits per heavy atom. The molecule has 2 saturated heterocycles. The molecule has 2 unspecified atom stereocenters. The number of β-lactam (4-membered cyclic amide) rings is 1. The molecule has 2 amide bonds. The van der Waals surface area contributed by atoms with Gasteiger partial charge in [-0.05, 0) is 6.42 Å². The first-order chi connectivity index (χ1) is 9.91. The number of carboxylic acid groups (broad SMARTS) is 1. The molecular formula is C12H19N3O5S. The van der Waals surface area contributed by atoms with Gasteiger partial charge in [0.15, 0.2) is 5.54 Å². The number of ether oxygens (including phenoxy) is 1. The predicted molar refractivity (Wildman–Crippen MR) is 75.7 cm³/mol. The monoisotopic (exact) mass is 317 g/mol. The molecule has 4 N–H and O–H groups in total. The first-order valence-electron chi connectivity index (χ1n) is 6.77. The highest BCUT2D eigenvalue weighted by molar-refractivity contribution is 8.00. The highest BCUT2D eigenvalue weighted by Gasteiger charge is 2.56. The number of thioether (sulfide) groups is 1. The Labute approximate surface area is 126 Å². The lowest BCUT2D eigenvalue weighted by molar-refractivity contribution is -0.152. The highest BCUT2D eigenvalue weighted by Crippen LogP contribution is 2.37. The summed E-state index contributed by atoms with van der Waals surface area (Å²) in [6, 6.07) is -0.585. The molecule has 0 spiro atoms. The lowest BCUT2D eigenvalue weighted by Gasteiger charge is -2.52. The van der Waals surface area contributed by atoms with E-state index in [1.807, 2.05) is 6.92 Å². The molecule has 0 aromatic rings. The Kier molecular flexibility index (Phi) is 4.62. The van der Waals surface area contributed by atoms with Gasteiger partial charge < -0.3 is 25.8 Å². The van der Waals surface area contributed by atoms with Crippen molar-refractivity contribution in [1.82, 2.24) is 10.2 Å². The fourth-order valence-electron chi connectivity index (χ4n) is 2.28. The first kappa shape index (κ1) is 15.9. The van der Waals surface area contributed by atoms with E-state index >= 15 is 0 Å². The van der Waals surface area contributed by atoms with Gasteiger partial charge >= 0.3 is 12.1 Å². The lowest BCUT2D eigenvalue weighted by Crippen LogP contribution is -2.76. The van der Waals surface area contributed by atoms with Crippen LogP contribution in [0.4, 0.5) is 4.79 Å². The zero-order valence-corrected chi connectivity index (χ0v) is 12.5. The number of alkyl carbamates (subject to hydrolysis) is 1. The quantitative estimate of drug-likeness (QED) is 0.465. The van der Waals surface area contributed by atoms with Crippen LogP contribution in [0.25, 0.3) is 0 Å². The number of nitrogens with one attached hydrogen (secondary N) is 1. The SMILES string of the molecule is CCCCOC(=O)NC1(C(=O)O)CS[C@@H]2C(N)C(=O)N2C1. The molecule has 0 radical (unpaired) electrons. The van der Waals surface area contributed by atoms with Crippen LogP contribution in [0.2, 0.25) is 0 Å². The molecule has 9 heteroatoms. The first-order valence-corrected chi connectivity index (χ1v) is 7.82. The van der Waals surface area contributed by atoms with Gasteiger partial charge in [0.1, 0.15) is 11.4 Å². The fraction of sp³-hybridized carbons (Fsp3) is 0.750. The summed E-state index contributed by atoms with van der Waals surface area (Å²) in [7, 11) is 0. The number of nitrogens with two attached hydrogens (primary N) is 1. The molecule has 8 nitrogen and oxygen atoms in total. The number of hydrogen-bond donors (Lipinski definition) is 3. The molecule has 2 aliphatic heterocycles. The standard InChI is InChI=1S/C12H19N3O5S/c1-2-3-4-20-11(19)14-12(10(17)18)5-15-8(16)7(13)9(15)21-6-12/h7,9H,2-6,13H2,1H3,(H,14,19)(H,17,18)/t7?,9-,12?/m1/s1. The molecule has 0 bridgehead atoms. The van der Waals surface area contributed by atoms with E-state index in [2.05, 4.69) is 5.32 Å². The second-order valence-corrected chi connectivity index (χ2v) is 6.30. The number of carbonyl (C=O) groups excluding carboxylic acids is 2. The van der Waals surface area contributed by atoms with Crippen LogP contribution in [0, 0.1) is 0 Å². The Bertz CT molecular complexity index is 460. The van der Waals surface area contributed by atoms with Crippen molar-refractivity contribution < 1.29 is 24.2 Å². The van der Waals surface area contributed by atoms with Crippen molar-refractivity contribution in [2.75, 3.05) is 18.9 Å². The van der Waals surface area contributed by atoms with E-state index in [0.29, 0.717) is 6.42 Å². The number of unbranched alkanes of at least 4 members (excludes halogenated alkanes) is 1. The number of amides is 2. The van der Waals surface area contributed by atoms with Crippen molar-refractivity contribution in [2.24, 2.45) is 5.73 Å². The largest absolute Gasteiger partial charge is 0.479 e. The second kappa shape index (κ2) is 6.10. The summed E-state index contributed by atoms with van der Waals surface area (Å²) in [5.41, 5.74) is 4.12. The number of carboxylic acids is 1. The predicted octanol–water partition coefficient (Wildman–Crippen LogP) is -0.421. The highest BCUT2D eigenvalue weighted by atomic mass is 32.2. The van der Waals surface area contributed by atoms with Crippen molar-refractivity contribution in [2.45, 2.75) is 36.7 Å². The van der Waals surface area contributed by atoms with Gasteiger partial charge in [0.25, 0.3) is 0 Å². The number of rotatable bonds is 5. The maximum atomic E-state index is 11.7. The van der Waals surface area contributed by atoms with Crippen LogP contribution in [-0.2, 0) is 14.3 Å². The molecule has 21 heavy (non-hydrogen) atoms. The third-order valence-corrected chi connectivity index (χ3v) is 5.15. The molecule has 0 saturated carbocycles. The van der Waals surface area contributed by atoms with Crippen molar-refractivity contribution in [3.8, 4) is 0 Å². The van der Waals surface area contributed by atoms with Gasteiger partial charge in [-0.2, -0.15) is 0 Å². The van der Waals surface area contributed by atoms with E-state index < -0.39 is 23.6 Å². The molecule has 0 aromatic carbocycles.